The molecule has 0 spiro atoms. The summed E-state index contributed by atoms with van der Waals surface area (Å²) in [5.74, 6) is -0.145. The van der Waals surface area contributed by atoms with Crippen molar-refractivity contribution in [2.75, 3.05) is 0 Å². The fourth-order valence-corrected chi connectivity index (χ4v) is 1.98. The van der Waals surface area contributed by atoms with Gasteiger partial charge in [-0.05, 0) is 19.8 Å². The molecule has 74 valence electrons. The standard InChI is InChI=1S/C9H16N2O2/c1-4-9(5-2)6(3)10-8(13)11-7(9)12/h6H,4-5H2,1-3H3,(H2,10,11,12,13). The number of hydrogen-bond donors (Lipinski definition) is 2. The summed E-state index contributed by atoms with van der Waals surface area (Å²) in [6.07, 6.45) is 1.49. The van der Waals surface area contributed by atoms with Crippen LogP contribution in [0.1, 0.15) is 33.6 Å². The van der Waals surface area contributed by atoms with Crippen molar-refractivity contribution in [3.05, 3.63) is 0 Å². The van der Waals surface area contributed by atoms with E-state index in [1.165, 1.54) is 0 Å². The highest BCUT2D eigenvalue weighted by molar-refractivity contribution is 6.00. The monoisotopic (exact) mass is 184 g/mol. The van der Waals surface area contributed by atoms with E-state index in [9.17, 15) is 9.59 Å². The number of carbonyl (C=O) groups excluding carboxylic acids is 2. The third-order valence-electron chi connectivity index (χ3n) is 3.12. The van der Waals surface area contributed by atoms with Gasteiger partial charge in [-0.1, -0.05) is 13.8 Å². The van der Waals surface area contributed by atoms with Crippen molar-refractivity contribution in [3.8, 4) is 0 Å². The first-order chi connectivity index (χ1) is 6.06. The molecule has 1 unspecified atom stereocenters. The molecule has 4 heteroatoms. The summed E-state index contributed by atoms with van der Waals surface area (Å²) in [6.45, 7) is 5.82. The second-order valence-corrected chi connectivity index (χ2v) is 3.51. The van der Waals surface area contributed by atoms with Crippen LogP contribution in [0.4, 0.5) is 4.79 Å². The summed E-state index contributed by atoms with van der Waals surface area (Å²) in [6, 6.07) is -0.459. The molecule has 0 aromatic heterocycles. The lowest BCUT2D eigenvalue weighted by Gasteiger charge is -2.39. The first-order valence-electron chi connectivity index (χ1n) is 4.68. The molecule has 13 heavy (non-hydrogen) atoms. The number of nitrogens with one attached hydrogen (secondary N) is 2. The van der Waals surface area contributed by atoms with E-state index < -0.39 is 5.41 Å². The SMILES string of the molecule is CCC1(CC)C(=O)NC(=O)NC1C. The minimum Gasteiger partial charge on any atom is -0.334 e. The van der Waals surface area contributed by atoms with Crippen molar-refractivity contribution in [1.82, 2.24) is 10.6 Å². The number of rotatable bonds is 2. The van der Waals surface area contributed by atoms with Gasteiger partial charge >= 0.3 is 6.03 Å². The molecule has 1 aliphatic rings. The normalized spacial score (nSPS) is 26.5. The summed E-state index contributed by atoms with van der Waals surface area (Å²) in [5.41, 5.74) is -0.423. The maximum absolute atomic E-state index is 11.6. The van der Waals surface area contributed by atoms with Crippen molar-refractivity contribution >= 4 is 11.9 Å². The highest BCUT2D eigenvalue weighted by atomic mass is 16.2. The van der Waals surface area contributed by atoms with Crippen molar-refractivity contribution in [2.45, 2.75) is 39.7 Å². The van der Waals surface area contributed by atoms with Crippen LogP contribution >= 0.6 is 0 Å². The first kappa shape index (κ1) is 10.0. The zero-order valence-electron chi connectivity index (χ0n) is 8.31. The van der Waals surface area contributed by atoms with E-state index in [1.54, 1.807) is 0 Å². The van der Waals surface area contributed by atoms with Crippen LogP contribution in [0.15, 0.2) is 0 Å². The number of amides is 3. The quantitative estimate of drug-likeness (QED) is 0.673. The second kappa shape index (κ2) is 3.36. The van der Waals surface area contributed by atoms with Gasteiger partial charge in [0.2, 0.25) is 5.91 Å². The van der Waals surface area contributed by atoms with E-state index in [0.717, 1.165) is 12.8 Å². The Hall–Kier alpha value is -1.06. The number of carbonyl (C=O) groups is 2. The van der Waals surface area contributed by atoms with Crippen molar-refractivity contribution in [3.63, 3.8) is 0 Å². The third kappa shape index (κ3) is 1.41. The van der Waals surface area contributed by atoms with E-state index >= 15 is 0 Å². The molecule has 1 heterocycles. The molecule has 0 radical (unpaired) electrons. The lowest BCUT2D eigenvalue weighted by molar-refractivity contribution is -0.133. The molecule has 0 aromatic rings. The first-order valence-corrected chi connectivity index (χ1v) is 4.68. The summed E-state index contributed by atoms with van der Waals surface area (Å²) in [4.78, 5) is 22.6. The van der Waals surface area contributed by atoms with Crippen LogP contribution in [0.2, 0.25) is 0 Å². The van der Waals surface area contributed by atoms with E-state index in [4.69, 9.17) is 0 Å². The largest absolute Gasteiger partial charge is 0.334 e. The number of hydrogen-bond acceptors (Lipinski definition) is 2. The van der Waals surface area contributed by atoms with Crippen LogP contribution in [0.3, 0.4) is 0 Å². The molecule has 1 aliphatic heterocycles. The zero-order valence-corrected chi connectivity index (χ0v) is 8.31. The third-order valence-corrected chi connectivity index (χ3v) is 3.12. The average Bonchev–Trinajstić information content (AvgIpc) is 2.05. The van der Waals surface area contributed by atoms with E-state index in [2.05, 4.69) is 10.6 Å². The van der Waals surface area contributed by atoms with Gasteiger partial charge in [-0.15, -0.1) is 0 Å². The van der Waals surface area contributed by atoms with E-state index in [-0.39, 0.29) is 18.0 Å². The maximum Gasteiger partial charge on any atom is 0.321 e. The van der Waals surface area contributed by atoms with E-state index in [1.807, 2.05) is 20.8 Å². The summed E-state index contributed by atoms with van der Waals surface area (Å²) < 4.78 is 0. The predicted molar refractivity (Wildman–Crippen MR) is 49.2 cm³/mol. The Labute approximate surface area is 78.1 Å². The molecule has 0 saturated carbocycles. The minimum absolute atomic E-state index is 0.0799. The zero-order chi connectivity index (χ0) is 10.1. The van der Waals surface area contributed by atoms with Gasteiger partial charge in [0.05, 0.1) is 5.41 Å². The summed E-state index contributed by atoms with van der Waals surface area (Å²) >= 11 is 0. The average molecular weight is 184 g/mol. The lowest BCUT2D eigenvalue weighted by atomic mass is 9.74. The Balaban J connectivity index is 2.93. The molecule has 1 atom stereocenters. The van der Waals surface area contributed by atoms with E-state index in [0.29, 0.717) is 0 Å². The molecular weight excluding hydrogens is 168 g/mol. The van der Waals surface area contributed by atoms with Gasteiger partial charge < -0.3 is 5.32 Å². The molecule has 1 fully saturated rings. The van der Waals surface area contributed by atoms with Crippen LogP contribution in [-0.2, 0) is 4.79 Å². The van der Waals surface area contributed by atoms with Gasteiger partial charge in [0, 0.05) is 6.04 Å². The molecule has 0 bridgehead atoms. The second-order valence-electron chi connectivity index (χ2n) is 3.51. The fourth-order valence-electron chi connectivity index (χ4n) is 1.98. The topological polar surface area (TPSA) is 58.2 Å². The Bertz CT molecular complexity index is 234. The van der Waals surface area contributed by atoms with Gasteiger partial charge in [0.15, 0.2) is 0 Å². The van der Waals surface area contributed by atoms with Gasteiger partial charge in [0.25, 0.3) is 0 Å². The predicted octanol–water partition coefficient (Wildman–Crippen LogP) is 1.02. The van der Waals surface area contributed by atoms with Crippen LogP contribution in [0, 0.1) is 5.41 Å². The summed E-state index contributed by atoms with van der Waals surface area (Å²) in [5, 5.41) is 5.04. The van der Waals surface area contributed by atoms with Crippen molar-refractivity contribution < 1.29 is 9.59 Å². The van der Waals surface area contributed by atoms with Crippen LogP contribution in [-0.4, -0.2) is 18.0 Å². The van der Waals surface area contributed by atoms with Crippen molar-refractivity contribution in [2.24, 2.45) is 5.41 Å². The van der Waals surface area contributed by atoms with Crippen LogP contribution in [0.25, 0.3) is 0 Å². The number of urea groups is 1. The molecule has 1 saturated heterocycles. The smallest absolute Gasteiger partial charge is 0.321 e. The Morgan fingerprint density at radius 1 is 1.31 bits per heavy atom. The molecule has 0 aromatic carbocycles. The van der Waals surface area contributed by atoms with Gasteiger partial charge in [0.1, 0.15) is 0 Å². The van der Waals surface area contributed by atoms with Gasteiger partial charge in [-0.25, -0.2) is 4.79 Å². The van der Waals surface area contributed by atoms with Gasteiger partial charge in [-0.3, -0.25) is 10.1 Å². The molecule has 3 amide bonds. The van der Waals surface area contributed by atoms with Crippen LogP contribution in [0.5, 0.6) is 0 Å². The highest BCUT2D eigenvalue weighted by Gasteiger charge is 2.45. The van der Waals surface area contributed by atoms with Gasteiger partial charge in [-0.2, -0.15) is 0 Å². The molecule has 1 rings (SSSR count). The summed E-state index contributed by atoms with van der Waals surface area (Å²) in [7, 11) is 0. The Morgan fingerprint density at radius 3 is 2.23 bits per heavy atom. The fraction of sp³-hybridized carbons (Fsp3) is 0.778. The molecule has 2 N–H and O–H groups in total. The Kier molecular flexibility index (Phi) is 2.59. The van der Waals surface area contributed by atoms with Crippen molar-refractivity contribution in [1.29, 1.82) is 0 Å². The molecule has 4 nitrogen and oxygen atoms in total. The highest BCUT2D eigenvalue weighted by Crippen LogP contribution is 2.32. The number of imide groups is 1. The lowest BCUT2D eigenvalue weighted by Crippen LogP contribution is -2.63. The molecule has 0 aliphatic carbocycles. The minimum atomic E-state index is -0.423. The molecular formula is C9H16N2O2. The Morgan fingerprint density at radius 2 is 1.85 bits per heavy atom. The van der Waals surface area contributed by atoms with Crippen LogP contribution < -0.4 is 10.6 Å². The maximum atomic E-state index is 11.6.